The van der Waals surface area contributed by atoms with E-state index < -0.39 is 0 Å². The summed E-state index contributed by atoms with van der Waals surface area (Å²) < 4.78 is 0. The highest BCUT2D eigenvalue weighted by Gasteiger charge is 2.45. The van der Waals surface area contributed by atoms with Crippen LogP contribution in [0.1, 0.15) is 67.9 Å². The first-order valence-electron chi connectivity index (χ1n) is 11.3. The molecule has 4 aliphatic rings. The third kappa shape index (κ3) is 2.78. The fraction of sp³-hybridized carbons (Fsp3) is 0.560. The standard InChI is InChI=1S/C25H30N2O/c28-15-22-18-4-3-7-24(22)27(14-18)25-12-23(26-13-21(25)17-10-11-17)20-6-2-1-5-19(20)16-8-9-16/h1-2,5-6,12-13,16-18,22,24,28H,3-4,7-11,14-15H2. The van der Waals surface area contributed by atoms with E-state index in [9.17, 15) is 5.11 Å². The Balaban J connectivity index is 1.44. The highest BCUT2D eigenvalue weighted by molar-refractivity contribution is 5.71. The van der Waals surface area contributed by atoms with Gasteiger partial charge >= 0.3 is 0 Å². The highest BCUT2D eigenvalue weighted by Crippen LogP contribution is 2.50. The van der Waals surface area contributed by atoms with Gasteiger partial charge in [0.15, 0.2) is 0 Å². The molecule has 0 radical (unpaired) electrons. The Morgan fingerprint density at radius 2 is 1.75 bits per heavy atom. The van der Waals surface area contributed by atoms with Gasteiger partial charge in [-0.15, -0.1) is 0 Å². The van der Waals surface area contributed by atoms with Gasteiger partial charge in [-0.1, -0.05) is 30.7 Å². The number of aliphatic hydroxyl groups is 1. The largest absolute Gasteiger partial charge is 0.396 e. The van der Waals surface area contributed by atoms with Crippen LogP contribution < -0.4 is 4.90 Å². The summed E-state index contributed by atoms with van der Waals surface area (Å²) in [5.74, 6) is 2.54. The third-order valence-corrected chi connectivity index (χ3v) is 7.71. The van der Waals surface area contributed by atoms with Gasteiger partial charge in [0, 0.05) is 42.6 Å². The molecule has 1 saturated heterocycles. The van der Waals surface area contributed by atoms with Crippen LogP contribution in [-0.4, -0.2) is 29.3 Å². The zero-order chi connectivity index (χ0) is 18.7. The first-order valence-corrected chi connectivity index (χ1v) is 11.3. The molecule has 0 amide bonds. The maximum Gasteiger partial charge on any atom is 0.0725 e. The molecule has 4 fully saturated rings. The molecule has 1 aromatic heterocycles. The Kier molecular flexibility index (Phi) is 4.01. The van der Waals surface area contributed by atoms with Crippen LogP contribution in [0.15, 0.2) is 36.5 Å². The van der Waals surface area contributed by atoms with Crippen molar-refractivity contribution < 1.29 is 5.11 Å². The summed E-state index contributed by atoms with van der Waals surface area (Å²) in [5, 5.41) is 10.0. The minimum atomic E-state index is 0.340. The second-order valence-electron chi connectivity index (χ2n) is 9.52. The number of aromatic nitrogens is 1. The Morgan fingerprint density at radius 1 is 0.964 bits per heavy atom. The van der Waals surface area contributed by atoms with E-state index in [1.165, 1.54) is 67.3 Å². The van der Waals surface area contributed by atoms with Gasteiger partial charge in [-0.25, -0.2) is 0 Å². The summed E-state index contributed by atoms with van der Waals surface area (Å²) in [6, 6.07) is 11.8. The van der Waals surface area contributed by atoms with Gasteiger partial charge in [0.2, 0.25) is 0 Å². The van der Waals surface area contributed by atoms with Gasteiger partial charge < -0.3 is 10.0 Å². The summed E-state index contributed by atoms with van der Waals surface area (Å²) in [7, 11) is 0. The predicted molar refractivity (Wildman–Crippen MR) is 113 cm³/mol. The van der Waals surface area contributed by atoms with Crippen molar-refractivity contribution in [3.05, 3.63) is 47.7 Å². The number of hydrogen-bond donors (Lipinski definition) is 1. The summed E-state index contributed by atoms with van der Waals surface area (Å²) in [6.45, 7) is 1.45. The first kappa shape index (κ1) is 17.0. The SMILES string of the molecule is OCC1C2CCCC1N(c1cc(-c3ccccc3C3CC3)ncc1C1CC1)C2. The normalized spacial score (nSPS) is 29.3. The molecule has 1 aromatic carbocycles. The average molecular weight is 375 g/mol. The molecule has 3 unspecified atom stereocenters. The average Bonchev–Trinajstić information content (AvgIpc) is 3.64. The summed E-state index contributed by atoms with van der Waals surface area (Å²) >= 11 is 0. The Labute approximate surface area is 167 Å². The lowest BCUT2D eigenvalue weighted by Crippen LogP contribution is -2.36. The van der Waals surface area contributed by atoms with Crippen molar-refractivity contribution in [3.63, 3.8) is 0 Å². The predicted octanol–water partition coefficient (Wildman–Crippen LogP) is 5.10. The van der Waals surface area contributed by atoms with Crippen molar-refractivity contribution >= 4 is 5.69 Å². The fourth-order valence-corrected chi connectivity index (χ4v) is 5.92. The Bertz CT molecular complexity index is 886. The van der Waals surface area contributed by atoms with E-state index in [1.807, 2.05) is 0 Å². The quantitative estimate of drug-likeness (QED) is 0.791. The lowest BCUT2D eigenvalue weighted by Gasteiger charge is -2.33. The molecule has 2 bridgehead atoms. The van der Waals surface area contributed by atoms with Crippen LogP contribution in [0.25, 0.3) is 11.3 Å². The molecule has 3 nitrogen and oxygen atoms in total. The topological polar surface area (TPSA) is 36.4 Å². The number of aliphatic hydroxyl groups excluding tert-OH is 1. The van der Waals surface area contributed by atoms with Gasteiger partial charge in [-0.2, -0.15) is 0 Å². The molecule has 1 aliphatic heterocycles. The minimum Gasteiger partial charge on any atom is -0.396 e. The second kappa shape index (κ2) is 6.59. The van der Waals surface area contributed by atoms with Gasteiger partial charge in [0.1, 0.15) is 0 Å². The van der Waals surface area contributed by atoms with E-state index in [2.05, 4.69) is 41.4 Å². The molecular formula is C25H30N2O. The lowest BCUT2D eigenvalue weighted by molar-refractivity contribution is 0.156. The zero-order valence-corrected chi connectivity index (χ0v) is 16.6. The van der Waals surface area contributed by atoms with E-state index in [0.717, 1.165) is 18.2 Å². The van der Waals surface area contributed by atoms with E-state index in [1.54, 1.807) is 0 Å². The molecule has 3 atom stereocenters. The number of rotatable bonds is 5. The smallest absolute Gasteiger partial charge is 0.0725 e. The van der Waals surface area contributed by atoms with Crippen LogP contribution >= 0.6 is 0 Å². The van der Waals surface area contributed by atoms with E-state index in [0.29, 0.717) is 30.4 Å². The number of nitrogens with zero attached hydrogens (tertiary/aromatic N) is 2. The maximum atomic E-state index is 10.0. The van der Waals surface area contributed by atoms with Gasteiger partial charge in [0.25, 0.3) is 0 Å². The lowest BCUT2D eigenvalue weighted by atomic mass is 9.80. The second-order valence-corrected chi connectivity index (χ2v) is 9.52. The number of pyridine rings is 1. The number of fused-ring (bicyclic) bond motifs is 2. The summed E-state index contributed by atoms with van der Waals surface area (Å²) in [5.41, 5.74) is 6.83. The summed E-state index contributed by atoms with van der Waals surface area (Å²) in [4.78, 5) is 7.63. The van der Waals surface area contributed by atoms with Crippen LogP contribution in [0.3, 0.4) is 0 Å². The monoisotopic (exact) mass is 374 g/mol. The molecule has 0 spiro atoms. The van der Waals surface area contributed by atoms with Crippen molar-refractivity contribution in [3.8, 4) is 11.3 Å². The molecule has 3 aliphatic carbocycles. The number of benzene rings is 1. The van der Waals surface area contributed by atoms with Crippen molar-refractivity contribution in [1.82, 2.24) is 4.98 Å². The molecule has 3 heteroatoms. The van der Waals surface area contributed by atoms with Crippen molar-refractivity contribution in [2.45, 2.75) is 62.8 Å². The minimum absolute atomic E-state index is 0.340. The third-order valence-electron chi connectivity index (χ3n) is 7.71. The molecule has 146 valence electrons. The Hall–Kier alpha value is -1.87. The molecule has 2 heterocycles. The first-order chi connectivity index (χ1) is 13.8. The van der Waals surface area contributed by atoms with E-state index in [-0.39, 0.29) is 0 Å². The Morgan fingerprint density at radius 3 is 2.50 bits per heavy atom. The number of anilines is 1. The molecule has 2 aromatic rings. The molecule has 28 heavy (non-hydrogen) atoms. The zero-order valence-electron chi connectivity index (χ0n) is 16.6. The molecule has 3 saturated carbocycles. The molecule has 1 N–H and O–H groups in total. The van der Waals surface area contributed by atoms with E-state index in [4.69, 9.17) is 4.98 Å². The highest BCUT2D eigenvalue weighted by atomic mass is 16.3. The summed E-state index contributed by atoms with van der Waals surface area (Å²) in [6.07, 6.45) is 11.2. The van der Waals surface area contributed by atoms with Crippen LogP contribution in [0, 0.1) is 11.8 Å². The van der Waals surface area contributed by atoms with Gasteiger partial charge in [-0.3, -0.25) is 4.98 Å². The van der Waals surface area contributed by atoms with Crippen LogP contribution in [0.2, 0.25) is 0 Å². The fourth-order valence-electron chi connectivity index (χ4n) is 5.92. The van der Waals surface area contributed by atoms with Gasteiger partial charge in [-0.05, 0) is 73.5 Å². The molecular weight excluding hydrogens is 344 g/mol. The van der Waals surface area contributed by atoms with Crippen molar-refractivity contribution in [2.75, 3.05) is 18.1 Å². The maximum absolute atomic E-state index is 10.0. The van der Waals surface area contributed by atoms with Crippen LogP contribution in [0.5, 0.6) is 0 Å². The van der Waals surface area contributed by atoms with Crippen LogP contribution in [0.4, 0.5) is 5.69 Å². The van der Waals surface area contributed by atoms with Crippen molar-refractivity contribution in [2.24, 2.45) is 11.8 Å². The number of hydrogen-bond acceptors (Lipinski definition) is 3. The van der Waals surface area contributed by atoms with Crippen molar-refractivity contribution in [1.29, 1.82) is 0 Å². The van der Waals surface area contributed by atoms with Gasteiger partial charge in [0.05, 0.1) is 5.69 Å². The molecule has 6 rings (SSSR count). The van der Waals surface area contributed by atoms with Crippen LogP contribution in [-0.2, 0) is 0 Å². The van der Waals surface area contributed by atoms with E-state index >= 15 is 0 Å².